The van der Waals surface area contributed by atoms with Gasteiger partial charge in [-0.05, 0) is 17.6 Å². The Labute approximate surface area is 114 Å². The molecule has 0 radical (unpaired) electrons. The van der Waals surface area contributed by atoms with Crippen LogP contribution in [0.4, 0.5) is 11.5 Å². The number of likely N-dealkylation sites (N-methyl/N-ethyl adjacent to an activating group) is 1. The van der Waals surface area contributed by atoms with Gasteiger partial charge in [-0.3, -0.25) is 4.79 Å². The van der Waals surface area contributed by atoms with Crippen molar-refractivity contribution in [3.63, 3.8) is 0 Å². The van der Waals surface area contributed by atoms with Gasteiger partial charge in [-0.2, -0.15) is 0 Å². The summed E-state index contributed by atoms with van der Waals surface area (Å²) in [6.07, 6.45) is 0. The third kappa shape index (κ3) is 1.77. The van der Waals surface area contributed by atoms with Crippen molar-refractivity contribution in [3.05, 3.63) is 18.2 Å². The number of anilines is 2. The maximum atomic E-state index is 11.7. The fourth-order valence-corrected chi connectivity index (χ4v) is 2.25. The average Bonchev–Trinajstić information content (AvgIpc) is 2.41. The van der Waals surface area contributed by atoms with E-state index >= 15 is 0 Å². The predicted molar refractivity (Wildman–Crippen MR) is 74.9 cm³/mol. The first-order valence-corrected chi connectivity index (χ1v) is 5.97. The van der Waals surface area contributed by atoms with Crippen LogP contribution in [0.15, 0.2) is 18.2 Å². The quantitative estimate of drug-likeness (QED) is 0.566. The number of nitrogen functional groups attached to an aromatic ring is 1. The van der Waals surface area contributed by atoms with Gasteiger partial charge in [-0.15, -0.1) is 0 Å². The lowest BCUT2D eigenvalue weighted by molar-refractivity contribution is -0.120. The molecule has 4 N–H and O–H groups in total. The van der Waals surface area contributed by atoms with Crippen LogP contribution in [-0.2, 0) is 4.79 Å². The van der Waals surface area contributed by atoms with E-state index in [0.717, 1.165) is 0 Å². The van der Waals surface area contributed by atoms with Gasteiger partial charge in [0.05, 0.1) is 5.52 Å². The number of amides is 1. The molecule has 1 aliphatic heterocycles. The van der Waals surface area contributed by atoms with E-state index in [2.05, 4.69) is 4.98 Å². The smallest absolute Gasteiger partial charge is 0.481 e. The van der Waals surface area contributed by atoms with Crippen LogP contribution in [-0.4, -0.2) is 41.7 Å². The lowest BCUT2D eigenvalue weighted by atomic mass is 9.79. The van der Waals surface area contributed by atoms with Crippen molar-refractivity contribution >= 4 is 40.9 Å². The molecular weight excluding hydrogens is 261 g/mol. The molecule has 7 nitrogen and oxygen atoms in total. The first kappa shape index (κ1) is 12.7. The Kier molecular flexibility index (Phi) is 2.77. The molecule has 3 rings (SSSR count). The third-order valence-corrected chi connectivity index (χ3v) is 3.31. The highest BCUT2D eigenvalue weighted by molar-refractivity contribution is 6.59. The average molecular weight is 273 g/mol. The number of rotatable bonds is 1. The van der Waals surface area contributed by atoms with E-state index in [1.807, 2.05) is 0 Å². The van der Waals surface area contributed by atoms with Gasteiger partial charge in [0.1, 0.15) is 5.69 Å². The number of pyridine rings is 1. The van der Waals surface area contributed by atoms with Crippen LogP contribution in [0.1, 0.15) is 0 Å². The van der Waals surface area contributed by atoms with Crippen molar-refractivity contribution < 1.29 is 19.6 Å². The van der Waals surface area contributed by atoms with E-state index in [0.29, 0.717) is 27.8 Å². The summed E-state index contributed by atoms with van der Waals surface area (Å²) in [7, 11) is 0.00809. The monoisotopic (exact) mass is 273 g/mol. The van der Waals surface area contributed by atoms with Crippen molar-refractivity contribution in [1.29, 1.82) is 0 Å². The summed E-state index contributed by atoms with van der Waals surface area (Å²) in [6, 6.07) is 4.74. The number of aromatic nitrogens is 1. The molecule has 0 aliphatic carbocycles. The highest BCUT2D eigenvalue weighted by Gasteiger charge is 2.28. The summed E-state index contributed by atoms with van der Waals surface area (Å²) < 4.78 is 5.46. The Morgan fingerprint density at radius 1 is 1.45 bits per heavy atom. The van der Waals surface area contributed by atoms with E-state index in [-0.39, 0.29) is 18.3 Å². The van der Waals surface area contributed by atoms with Gasteiger partial charge in [-0.1, -0.05) is 6.07 Å². The Hall–Kier alpha value is -2.32. The predicted octanol–water partition coefficient (Wildman–Crippen LogP) is -1.15. The van der Waals surface area contributed by atoms with Gasteiger partial charge in [-0.25, -0.2) is 4.98 Å². The second-order valence-corrected chi connectivity index (χ2v) is 4.57. The molecule has 0 spiro atoms. The molecule has 8 heteroatoms. The second kappa shape index (κ2) is 4.36. The van der Waals surface area contributed by atoms with E-state index in [4.69, 9.17) is 10.5 Å². The summed E-state index contributed by atoms with van der Waals surface area (Å²) >= 11 is 0. The fraction of sp³-hybridized carbons (Fsp3) is 0.167. The van der Waals surface area contributed by atoms with Gasteiger partial charge in [0.25, 0.3) is 5.91 Å². The molecular formula is C12H12BN3O4. The Balaban J connectivity index is 2.32. The summed E-state index contributed by atoms with van der Waals surface area (Å²) in [5.74, 6) is 0.404. The minimum Gasteiger partial charge on any atom is -0.481 e. The summed E-state index contributed by atoms with van der Waals surface area (Å²) in [6.45, 7) is -0.0893. The maximum absolute atomic E-state index is 11.7. The number of carbonyl (C=O) groups is 1. The number of nitrogens with zero attached hydrogens (tertiary/aromatic N) is 2. The summed E-state index contributed by atoms with van der Waals surface area (Å²) in [5.41, 5.74) is 7.15. The van der Waals surface area contributed by atoms with Crippen molar-refractivity contribution in [2.24, 2.45) is 0 Å². The third-order valence-electron chi connectivity index (χ3n) is 3.31. The SMILES string of the molecule is CN1C(=O)COc2c1c(N)nc1ccc(B(O)O)cc21. The molecule has 0 bridgehead atoms. The molecule has 2 heterocycles. The minimum atomic E-state index is -1.59. The van der Waals surface area contributed by atoms with Crippen molar-refractivity contribution in [1.82, 2.24) is 4.98 Å². The highest BCUT2D eigenvalue weighted by Crippen LogP contribution is 2.40. The Bertz CT molecular complexity index is 719. The van der Waals surface area contributed by atoms with Crippen LogP contribution in [0.2, 0.25) is 0 Å². The lowest BCUT2D eigenvalue weighted by Crippen LogP contribution is -2.36. The minimum absolute atomic E-state index is 0.0893. The number of hydrogen-bond donors (Lipinski definition) is 3. The number of carbonyl (C=O) groups excluding carboxylic acids is 1. The number of ether oxygens (including phenoxy) is 1. The number of benzene rings is 1. The van der Waals surface area contributed by atoms with E-state index in [9.17, 15) is 14.8 Å². The largest absolute Gasteiger partial charge is 0.488 e. The standard InChI is InChI=1S/C12H12BN3O4/c1-16-9(17)5-20-11-7-4-6(13(18)19)2-3-8(7)15-12(14)10(11)16/h2-4,18-19H,5H2,1H3,(H2,14,15). The molecule has 0 fully saturated rings. The van der Waals surface area contributed by atoms with Crippen LogP contribution in [0.3, 0.4) is 0 Å². The molecule has 1 aromatic heterocycles. The van der Waals surface area contributed by atoms with Crippen molar-refractivity contribution in [3.8, 4) is 5.75 Å². The molecule has 20 heavy (non-hydrogen) atoms. The molecule has 0 saturated carbocycles. The van der Waals surface area contributed by atoms with Crippen LogP contribution >= 0.6 is 0 Å². The first-order valence-electron chi connectivity index (χ1n) is 5.97. The van der Waals surface area contributed by atoms with Gasteiger partial charge < -0.3 is 25.4 Å². The van der Waals surface area contributed by atoms with E-state index < -0.39 is 7.12 Å². The van der Waals surface area contributed by atoms with Crippen LogP contribution in [0.25, 0.3) is 10.9 Å². The van der Waals surface area contributed by atoms with Crippen molar-refractivity contribution in [2.75, 3.05) is 24.3 Å². The van der Waals surface area contributed by atoms with E-state index in [1.54, 1.807) is 25.2 Å². The Morgan fingerprint density at radius 2 is 2.20 bits per heavy atom. The molecule has 2 aromatic rings. The first-order chi connectivity index (χ1) is 9.49. The molecule has 1 aromatic carbocycles. The highest BCUT2D eigenvalue weighted by atomic mass is 16.5. The van der Waals surface area contributed by atoms with Crippen LogP contribution in [0, 0.1) is 0 Å². The number of hydrogen-bond acceptors (Lipinski definition) is 6. The van der Waals surface area contributed by atoms with Gasteiger partial charge in [0, 0.05) is 12.4 Å². The molecule has 0 saturated heterocycles. The molecule has 0 atom stereocenters. The zero-order valence-electron chi connectivity index (χ0n) is 10.7. The van der Waals surface area contributed by atoms with Gasteiger partial charge >= 0.3 is 7.12 Å². The van der Waals surface area contributed by atoms with Gasteiger partial charge in [0.2, 0.25) is 0 Å². The Morgan fingerprint density at radius 3 is 2.90 bits per heavy atom. The molecule has 102 valence electrons. The number of nitrogens with two attached hydrogens (primary N) is 1. The maximum Gasteiger partial charge on any atom is 0.488 e. The normalized spacial score (nSPS) is 14.2. The lowest BCUT2D eigenvalue weighted by Gasteiger charge is -2.27. The van der Waals surface area contributed by atoms with Crippen molar-refractivity contribution in [2.45, 2.75) is 0 Å². The zero-order chi connectivity index (χ0) is 14.4. The topological polar surface area (TPSA) is 109 Å². The summed E-state index contributed by atoms with van der Waals surface area (Å²) in [4.78, 5) is 17.3. The molecule has 1 amide bonds. The number of fused-ring (bicyclic) bond motifs is 3. The van der Waals surface area contributed by atoms with Gasteiger partial charge in [0.15, 0.2) is 18.2 Å². The van der Waals surface area contributed by atoms with Crippen LogP contribution in [0.5, 0.6) is 5.75 Å². The van der Waals surface area contributed by atoms with Crippen LogP contribution < -0.4 is 20.8 Å². The zero-order valence-corrected chi connectivity index (χ0v) is 10.7. The second-order valence-electron chi connectivity index (χ2n) is 4.57. The summed E-state index contributed by atoms with van der Waals surface area (Å²) in [5, 5.41) is 19.1. The fourth-order valence-electron chi connectivity index (χ4n) is 2.25. The molecule has 1 aliphatic rings. The molecule has 0 unspecified atom stereocenters. The van der Waals surface area contributed by atoms with E-state index in [1.165, 1.54) is 4.90 Å².